The second-order valence-electron chi connectivity index (χ2n) is 10.7. The van der Waals surface area contributed by atoms with E-state index in [-0.39, 0.29) is 22.7 Å². The van der Waals surface area contributed by atoms with Crippen LogP contribution in [0.4, 0.5) is 0 Å². The van der Waals surface area contributed by atoms with Crippen LogP contribution in [0.3, 0.4) is 0 Å². The first-order valence-electron chi connectivity index (χ1n) is 11.7. The normalized spacial score (nSPS) is 41.3. The first kappa shape index (κ1) is 22.1. The van der Waals surface area contributed by atoms with Crippen molar-refractivity contribution in [1.29, 1.82) is 0 Å². The highest BCUT2D eigenvalue weighted by Crippen LogP contribution is 2.64. The summed E-state index contributed by atoms with van der Waals surface area (Å²) in [4.78, 5) is 11.8. The van der Waals surface area contributed by atoms with Crippen molar-refractivity contribution in [2.24, 2.45) is 40.4 Å². The predicted molar refractivity (Wildman–Crippen MR) is 111 cm³/mol. The van der Waals surface area contributed by atoms with Crippen LogP contribution in [-0.4, -0.2) is 30.6 Å². The second kappa shape index (κ2) is 8.63. The fourth-order valence-corrected chi connectivity index (χ4v) is 7.29. The standard InChI is InChI=1S/C24H42O4/c1-6-27-20(25)11-8-16(2)17-9-10-19-21-18(12-14-24(17,19)5)23(3,4)13-7-15-28-22(21)26/h16-19,21-22,26H,6-15H2,1-5H3/t16-,17?,18?,19?,21?,22-,24-/m1/s1. The third-order valence-corrected chi connectivity index (χ3v) is 8.79. The van der Waals surface area contributed by atoms with Crippen molar-refractivity contribution >= 4 is 5.97 Å². The molecule has 3 rings (SSSR count). The Labute approximate surface area is 171 Å². The van der Waals surface area contributed by atoms with Gasteiger partial charge < -0.3 is 14.6 Å². The van der Waals surface area contributed by atoms with Gasteiger partial charge in [0.25, 0.3) is 0 Å². The summed E-state index contributed by atoms with van der Waals surface area (Å²) in [5, 5.41) is 11.0. The van der Waals surface area contributed by atoms with Crippen molar-refractivity contribution in [2.45, 2.75) is 92.3 Å². The zero-order valence-corrected chi connectivity index (χ0v) is 18.7. The molecule has 4 heteroatoms. The molecule has 0 bridgehead atoms. The number of carbonyl (C=O) groups excluding carboxylic acids is 1. The van der Waals surface area contributed by atoms with E-state index >= 15 is 0 Å². The van der Waals surface area contributed by atoms with E-state index in [2.05, 4.69) is 27.7 Å². The van der Waals surface area contributed by atoms with Crippen LogP contribution in [0, 0.1) is 40.4 Å². The molecule has 0 aromatic heterocycles. The molecule has 1 aliphatic heterocycles. The third-order valence-electron chi connectivity index (χ3n) is 8.79. The fraction of sp³-hybridized carbons (Fsp3) is 0.958. The van der Waals surface area contributed by atoms with Gasteiger partial charge in [0, 0.05) is 18.9 Å². The van der Waals surface area contributed by atoms with E-state index in [0.29, 0.717) is 43.3 Å². The van der Waals surface area contributed by atoms with Gasteiger partial charge in [-0.2, -0.15) is 0 Å². The zero-order valence-electron chi connectivity index (χ0n) is 18.7. The lowest BCUT2D eigenvalue weighted by molar-refractivity contribution is -0.210. The van der Waals surface area contributed by atoms with Crippen LogP contribution >= 0.6 is 0 Å². The van der Waals surface area contributed by atoms with Crippen LogP contribution in [0.15, 0.2) is 0 Å². The number of fused-ring (bicyclic) bond motifs is 3. The Morgan fingerprint density at radius 1 is 1.18 bits per heavy atom. The molecule has 3 aliphatic rings. The Kier molecular flexibility index (Phi) is 6.81. The smallest absolute Gasteiger partial charge is 0.305 e. The minimum Gasteiger partial charge on any atom is -0.466 e. The molecule has 2 saturated carbocycles. The molecule has 0 spiro atoms. The summed E-state index contributed by atoms with van der Waals surface area (Å²) in [6, 6.07) is 0. The average Bonchev–Trinajstić information content (AvgIpc) is 2.98. The van der Waals surface area contributed by atoms with E-state index < -0.39 is 6.29 Å². The van der Waals surface area contributed by atoms with E-state index in [0.717, 1.165) is 12.8 Å². The van der Waals surface area contributed by atoms with Crippen molar-refractivity contribution in [3.8, 4) is 0 Å². The summed E-state index contributed by atoms with van der Waals surface area (Å²) in [6.45, 7) is 12.6. The van der Waals surface area contributed by atoms with E-state index in [1.54, 1.807) is 0 Å². The SMILES string of the molecule is CCOC(=O)CC[C@@H](C)C1CCC2C3C(CC[C@@]21C)C(C)(C)CCCO[C@H]3O. The highest BCUT2D eigenvalue weighted by molar-refractivity contribution is 5.69. The molecule has 2 aliphatic carbocycles. The number of aliphatic hydroxyl groups excluding tert-OH is 1. The summed E-state index contributed by atoms with van der Waals surface area (Å²) in [7, 11) is 0. The Hall–Kier alpha value is -0.610. The quantitative estimate of drug-likeness (QED) is 0.653. The summed E-state index contributed by atoms with van der Waals surface area (Å²) >= 11 is 0. The van der Waals surface area contributed by atoms with Crippen LogP contribution < -0.4 is 0 Å². The molecule has 1 heterocycles. The molecule has 0 aromatic rings. The molecule has 0 aromatic carbocycles. The topological polar surface area (TPSA) is 55.8 Å². The Bertz CT molecular complexity index is 545. The molecule has 0 amide bonds. The Morgan fingerprint density at radius 2 is 1.93 bits per heavy atom. The Balaban J connectivity index is 1.75. The lowest BCUT2D eigenvalue weighted by atomic mass is 9.51. The molecule has 3 fully saturated rings. The van der Waals surface area contributed by atoms with Gasteiger partial charge in [-0.05, 0) is 86.4 Å². The summed E-state index contributed by atoms with van der Waals surface area (Å²) < 4.78 is 11.0. The number of carbonyl (C=O) groups is 1. The van der Waals surface area contributed by atoms with E-state index in [9.17, 15) is 9.90 Å². The number of ether oxygens (including phenoxy) is 2. The average molecular weight is 395 g/mol. The monoisotopic (exact) mass is 394 g/mol. The lowest BCUT2D eigenvalue weighted by Gasteiger charge is -2.55. The van der Waals surface area contributed by atoms with Gasteiger partial charge in [0.1, 0.15) is 0 Å². The second-order valence-corrected chi connectivity index (χ2v) is 10.7. The van der Waals surface area contributed by atoms with Gasteiger partial charge in [0.05, 0.1) is 6.61 Å². The van der Waals surface area contributed by atoms with Crippen LogP contribution in [0.25, 0.3) is 0 Å². The van der Waals surface area contributed by atoms with Crippen molar-refractivity contribution in [2.75, 3.05) is 13.2 Å². The van der Waals surface area contributed by atoms with E-state index in [1.807, 2.05) is 6.92 Å². The van der Waals surface area contributed by atoms with Crippen molar-refractivity contribution in [3.05, 3.63) is 0 Å². The maximum absolute atomic E-state index is 11.8. The number of hydrogen-bond donors (Lipinski definition) is 1. The van der Waals surface area contributed by atoms with E-state index in [4.69, 9.17) is 9.47 Å². The number of rotatable bonds is 5. The molecule has 1 N–H and O–H groups in total. The van der Waals surface area contributed by atoms with Crippen LogP contribution in [0.5, 0.6) is 0 Å². The van der Waals surface area contributed by atoms with Gasteiger partial charge in [-0.25, -0.2) is 0 Å². The highest BCUT2D eigenvalue weighted by Gasteiger charge is 2.58. The van der Waals surface area contributed by atoms with Crippen molar-refractivity contribution in [1.82, 2.24) is 0 Å². The fourth-order valence-electron chi connectivity index (χ4n) is 7.29. The first-order valence-corrected chi connectivity index (χ1v) is 11.7. The number of hydrogen-bond acceptors (Lipinski definition) is 4. The van der Waals surface area contributed by atoms with Gasteiger partial charge >= 0.3 is 5.97 Å². The zero-order chi connectivity index (χ0) is 20.5. The molecular formula is C24H42O4. The first-order chi connectivity index (χ1) is 13.2. The Morgan fingerprint density at radius 3 is 2.64 bits per heavy atom. The van der Waals surface area contributed by atoms with E-state index in [1.165, 1.54) is 32.1 Å². The van der Waals surface area contributed by atoms with Gasteiger partial charge in [-0.15, -0.1) is 0 Å². The van der Waals surface area contributed by atoms with Gasteiger partial charge in [0.15, 0.2) is 6.29 Å². The van der Waals surface area contributed by atoms with Crippen molar-refractivity contribution in [3.63, 3.8) is 0 Å². The lowest BCUT2D eigenvalue weighted by Crippen LogP contribution is -2.52. The molecule has 1 saturated heterocycles. The molecule has 7 atom stereocenters. The highest BCUT2D eigenvalue weighted by atomic mass is 16.6. The maximum atomic E-state index is 11.8. The van der Waals surface area contributed by atoms with Crippen molar-refractivity contribution < 1.29 is 19.4 Å². The predicted octanol–water partition coefficient (Wildman–Crippen LogP) is 5.18. The van der Waals surface area contributed by atoms with Crippen LogP contribution in [0.2, 0.25) is 0 Å². The molecular weight excluding hydrogens is 352 g/mol. The number of esters is 1. The molecule has 0 radical (unpaired) electrons. The minimum absolute atomic E-state index is 0.0663. The largest absolute Gasteiger partial charge is 0.466 e. The summed E-state index contributed by atoms with van der Waals surface area (Å²) in [5.74, 6) is 2.37. The van der Waals surface area contributed by atoms with Gasteiger partial charge in [-0.1, -0.05) is 27.7 Å². The molecule has 28 heavy (non-hydrogen) atoms. The molecule has 4 unspecified atom stereocenters. The minimum atomic E-state index is -0.622. The summed E-state index contributed by atoms with van der Waals surface area (Å²) in [5.41, 5.74) is 0.513. The molecule has 162 valence electrons. The molecule has 4 nitrogen and oxygen atoms in total. The third kappa shape index (κ3) is 4.14. The maximum Gasteiger partial charge on any atom is 0.305 e. The van der Waals surface area contributed by atoms with Crippen LogP contribution in [-0.2, 0) is 14.3 Å². The summed E-state index contributed by atoms with van der Waals surface area (Å²) in [6.07, 6.45) is 7.86. The van der Waals surface area contributed by atoms with Crippen LogP contribution in [0.1, 0.15) is 86.0 Å². The van der Waals surface area contributed by atoms with Gasteiger partial charge in [0.2, 0.25) is 0 Å². The number of aliphatic hydroxyl groups is 1. The van der Waals surface area contributed by atoms with Gasteiger partial charge in [-0.3, -0.25) is 4.79 Å².